The molecule has 1 atom stereocenters. The van der Waals surface area contributed by atoms with Crippen LogP contribution < -0.4 is 5.32 Å². The molecule has 1 unspecified atom stereocenters. The van der Waals surface area contributed by atoms with Crippen molar-refractivity contribution in [3.8, 4) is 6.07 Å². The molecule has 0 amide bonds. The van der Waals surface area contributed by atoms with E-state index in [-0.39, 0.29) is 12.2 Å². The monoisotopic (exact) mass is 254 g/mol. The van der Waals surface area contributed by atoms with Gasteiger partial charge in [0.1, 0.15) is 6.07 Å². The van der Waals surface area contributed by atoms with Gasteiger partial charge in [0.15, 0.2) is 11.5 Å². The molecule has 0 saturated heterocycles. The zero-order valence-corrected chi connectivity index (χ0v) is 10.5. The van der Waals surface area contributed by atoms with Crippen LogP contribution in [0.25, 0.3) is 0 Å². The molecular formula is C14H14N4O. The van der Waals surface area contributed by atoms with Gasteiger partial charge >= 0.3 is 0 Å². The second-order valence-corrected chi connectivity index (χ2v) is 4.17. The van der Waals surface area contributed by atoms with Crippen molar-refractivity contribution in [2.45, 2.75) is 13.0 Å². The van der Waals surface area contributed by atoms with Crippen molar-refractivity contribution in [3.63, 3.8) is 0 Å². The SMILES string of the molecule is Cc1ccc(C(O)CNc2nccnc2C#N)cc1. The normalized spacial score (nSPS) is 11.6. The highest BCUT2D eigenvalue weighted by Gasteiger charge is 2.09. The Morgan fingerprint density at radius 1 is 1.26 bits per heavy atom. The first-order valence-corrected chi connectivity index (χ1v) is 5.90. The quantitative estimate of drug-likeness (QED) is 0.869. The zero-order valence-electron chi connectivity index (χ0n) is 10.5. The smallest absolute Gasteiger partial charge is 0.182 e. The van der Waals surface area contributed by atoms with E-state index in [0.717, 1.165) is 11.1 Å². The lowest BCUT2D eigenvalue weighted by Gasteiger charge is -2.13. The second-order valence-electron chi connectivity index (χ2n) is 4.17. The molecule has 5 heteroatoms. The van der Waals surface area contributed by atoms with Gasteiger partial charge in [-0.15, -0.1) is 0 Å². The van der Waals surface area contributed by atoms with E-state index in [4.69, 9.17) is 5.26 Å². The highest BCUT2D eigenvalue weighted by Crippen LogP contribution is 2.15. The third-order valence-corrected chi connectivity index (χ3v) is 2.73. The molecule has 1 aromatic carbocycles. The summed E-state index contributed by atoms with van der Waals surface area (Å²) in [4.78, 5) is 7.91. The summed E-state index contributed by atoms with van der Waals surface area (Å²) in [6, 6.07) is 9.60. The Labute approximate surface area is 111 Å². The molecule has 2 rings (SSSR count). The standard InChI is InChI=1S/C14H14N4O/c1-10-2-4-11(5-3-10)13(19)9-18-14-12(8-15)16-6-7-17-14/h2-7,13,19H,9H2,1H3,(H,17,18). The van der Waals surface area contributed by atoms with E-state index >= 15 is 0 Å². The van der Waals surface area contributed by atoms with Crippen LogP contribution in [0.2, 0.25) is 0 Å². The molecule has 0 saturated carbocycles. The number of nitrogens with one attached hydrogen (secondary N) is 1. The van der Waals surface area contributed by atoms with Crippen LogP contribution in [-0.2, 0) is 0 Å². The molecule has 1 aromatic heterocycles. The predicted octanol–water partition coefficient (Wildman–Crippen LogP) is 1.80. The first kappa shape index (κ1) is 13.0. The number of aryl methyl sites for hydroxylation is 1. The Kier molecular flexibility index (Phi) is 4.06. The number of aliphatic hydroxyl groups excluding tert-OH is 1. The number of nitriles is 1. The minimum atomic E-state index is -0.658. The predicted molar refractivity (Wildman–Crippen MR) is 71.4 cm³/mol. The Bertz CT molecular complexity index is 589. The summed E-state index contributed by atoms with van der Waals surface area (Å²) in [5, 5.41) is 21.8. The van der Waals surface area contributed by atoms with Crippen LogP contribution in [-0.4, -0.2) is 21.6 Å². The molecule has 5 nitrogen and oxygen atoms in total. The van der Waals surface area contributed by atoms with Crippen molar-refractivity contribution in [2.24, 2.45) is 0 Å². The fourth-order valence-electron chi connectivity index (χ4n) is 1.65. The summed E-state index contributed by atoms with van der Waals surface area (Å²) >= 11 is 0. The topological polar surface area (TPSA) is 81.8 Å². The first-order chi connectivity index (χ1) is 9.20. The van der Waals surface area contributed by atoms with Crippen LogP contribution in [0.1, 0.15) is 22.9 Å². The molecule has 2 N–H and O–H groups in total. The van der Waals surface area contributed by atoms with Crippen molar-refractivity contribution in [1.29, 1.82) is 5.26 Å². The summed E-state index contributed by atoms with van der Waals surface area (Å²) in [5.74, 6) is 0.385. The largest absolute Gasteiger partial charge is 0.387 e. The van der Waals surface area contributed by atoms with Gasteiger partial charge in [0.25, 0.3) is 0 Å². The van der Waals surface area contributed by atoms with Crippen LogP contribution in [0.3, 0.4) is 0 Å². The third kappa shape index (κ3) is 3.27. The summed E-state index contributed by atoms with van der Waals surface area (Å²) in [7, 11) is 0. The molecular weight excluding hydrogens is 240 g/mol. The fraction of sp³-hybridized carbons (Fsp3) is 0.214. The minimum absolute atomic E-state index is 0.221. The van der Waals surface area contributed by atoms with E-state index in [1.807, 2.05) is 37.3 Å². The number of rotatable bonds is 4. The highest BCUT2D eigenvalue weighted by molar-refractivity contribution is 5.46. The van der Waals surface area contributed by atoms with Crippen LogP contribution in [0.15, 0.2) is 36.7 Å². The molecule has 2 aromatic rings. The van der Waals surface area contributed by atoms with Crippen molar-refractivity contribution in [1.82, 2.24) is 9.97 Å². The third-order valence-electron chi connectivity index (χ3n) is 2.73. The number of benzene rings is 1. The highest BCUT2D eigenvalue weighted by atomic mass is 16.3. The van der Waals surface area contributed by atoms with E-state index in [0.29, 0.717) is 5.82 Å². The number of hydrogen-bond acceptors (Lipinski definition) is 5. The lowest BCUT2D eigenvalue weighted by Crippen LogP contribution is -2.14. The lowest BCUT2D eigenvalue weighted by atomic mass is 10.1. The summed E-state index contributed by atoms with van der Waals surface area (Å²) in [5.41, 5.74) is 2.18. The average Bonchev–Trinajstić information content (AvgIpc) is 2.45. The number of aliphatic hydroxyl groups is 1. The van der Waals surface area contributed by atoms with Gasteiger partial charge in [0.2, 0.25) is 0 Å². The fourth-order valence-corrected chi connectivity index (χ4v) is 1.65. The van der Waals surface area contributed by atoms with Gasteiger partial charge in [-0.3, -0.25) is 0 Å². The van der Waals surface area contributed by atoms with Gasteiger partial charge in [-0.25, -0.2) is 9.97 Å². The number of hydrogen-bond donors (Lipinski definition) is 2. The van der Waals surface area contributed by atoms with E-state index in [2.05, 4.69) is 15.3 Å². The molecule has 0 aliphatic rings. The molecule has 0 radical (unpaired) electrons. The van der Waals surface area contributed by atoms with Crippen molar-refractivity contribution < 1.29 is 5.11 Å². The first-order valence-electron chi connectivity index (χ1n) is 5.90. The molecule has 1 heterocycles. The number of aromatic nitrogens is 2. The van der Waals surface area contributed by atoms with E-state index in [1.165, 1.54) is 12.4 Å². The zero-order chi connectivity index (χ0) is 13.7. The Morgan fingerprint density at radius 2 is 1.95 bits per heavy atom. The minimum Gasteiger partial charge on any atom is -0.387 e. The van der Waals surface area contributed by atoms with Crippen LogP contribution in [0.4, 0.5) is 5.82 Å². The van der Waals surface area contributed by atoms with Crippen molar-refractivity contribution in [3.05, 3.63) is 53.5 Å². The number of anilines is 1. The molecule has 19 heavy (non-hydrogen) atoms. The van der Waals surface area contributed by atoms with Crippen LogP contribution in [0, 0.1) is 18.3 Å². The van der Waals surface area contributed by atoms with Gasteiger partial charge in [0.05, 0.1) is 6.10 Å². The maximum Gasteiger partial charge on any atom is 0.182 e. The lowest BCUT2D eigenvalue weighted by molar-refractivity contribution is 0.191. The Balaban J connectivity index is 2.02. The second kappa shape index (κ2) is 5.94. The van der Waals surface area contributed by atoms with Crippen molar-refractivity contribution in [2.75, 3.05) is 11.9 Å². The van der Waals surface area contributed by atoms with Gasteiger partial charge in [-0.05, 0) is 12.5 Å². The van der Waals surface area contributed by atoms with Gasteiger partial charge in [0, 0.05) is 18.9 Å². The van der Waals surface area contributed by atoms with Crippen molar-refractivity contribution >= 4 is 5.82 Å². The van der Waals surface area contributed by atoms with Crippen LogP contribution in [0.5, 0.6) is 0 Å². The molecule has 0 aliphatic heterocycles. The molecule has 0 fully saturated rings. The van der Waals surface area contributed by atoms with Gasteiger partial charge < -0.3 is 10.4 Å². The Morgan fingerprint density at radius 3 is 2.63 bits per heavy atom. The van der Waals surface area contributed by atoms with Gasteiger partial charge in [-0.2, -0.15) is 5.26 Å². The number of nitrogens with zero attached hydrogens (tertiary/aromatic N) is 3. The summed E-state index contributed by atoms with van der Waals surface area (Å²) < 4.78 is 0. The maximum atomic E-state index is 10.0. The van der Waals surface area contributed by atoms with E-state index in [9.17, 15) is 5.11 Å². The molecule has 0 spiro atoms. The summed E-state index contributed by atoms with van der Waals surface area (Å²) in [6.45, 7) is 2.27. The molecule has 0 bridgehead atoms. The van der Waals surface area contributed by atoms with E-state index in [1.54, 1.807) is 0 Å². The van der Waals surface area contributed by atoms with Crippen LogP contribution >= 0.6 is 0 Å². The maximum absolute atomic E-state index is 10.0. The molecule has 96 valence electrons. The van der Waals surface area contributed by atoms with Gasteiger partial charge in [-0.1, -0.05) is 29.8 Å². The van der Waals surface area contributed by atoms with E-state index < -0.39 is 6.10 Å². The summed E-state index contributed by atoms with van der Waals surface area (Å²) in [6.07, 6.45) is 2.30. The average molecular weight is 254 g/mol. The molecule has 0 aliphatic carbocycles. The Hall–Kier alpha value is -2.45.